The number of hydrogen-bond donors (Lipinski definition) is 0. The summed E-state index contributed by atoms with van der Waals surface area (Å²) in [6.45, 7) is 1.56. The van der Waals surface area contributed by atoms with Gasteiger partial charge in [0.1, 0.15) is 5.75 Å². The van der Waals surface area contributed by atoms with Crippen molar-refractivity contribution in [2.24, 2.45) is 0 Å². The Morgan fingerprint density at radius 2 is 1.60 bits per heavy atom. The van der Waals surface area contributed by atoms with Crippen LogP contribution in [0.4, 0.5) is 0 Å². The molecule has 0 bridgehead atoms. The molecule has 0 aliphatic rings. The number of para-hydroxylation sites is 1. The van der Waals surface area contributed by atoms with E-state index in [1.807, 2.05) is 46.0 Å². The van der Waals surface area contributed by atoms with Gasteiger partial charge in [-0.2, -0.15) is 0 Å². The second kappa shape index (κ2) is 9.04. The third-order valence-electron chi connectivity index (χ3n) is 3.62. The molecule has 0 aliphatic heterocycles. The predicted molar refractivity (Wildman–Crippen MR) is 104 cm³/mol. The van der Waals surface area contributed by atoms with Gasteiger partial charge in [-0.1, -0.05) is 35.9 Å². The maximum Gasteiger partial charge on any atom is 0.226 e. The average molecular weight is 392 g/mol. The molecule has 1 amide bonds. The van der Waals surface area contributed by atoms with E-state index in [-0.39, 0.29) is 5.91 Å². The van der Waals surface area contributed by atoms with Gasteiger partial charge in [-0.15, -0.1) is 22.7 Å². The summed E-state index contributed by atoms with van der Waals surface area (Å²) in [4.78, 5) is 16.9. The van der Waals surface area contributed by atoms with Gasteiger partial charge in [-0.3, -0.25) is 4.79 Å². The molecule has 0 spiro atoms. The Kier molecular flexibility index (Phi) is 6.50. The van der Waals surface area contributed by atoms with Crippen molar-refractivity contribution in [3.8, 4) is 5.75 Å². The molecule has 0 unspecified atom stereocenters. The Morgan fingerprint density at radius 1 is 0.960 bits per heavy atom. The number of ether oxygens (including phenoxy) is 1. The standard InChI is InChI=1S/C19H18ClNO2S2/c20-17-7-1-2-8-18(17)23-10-9-19(22)21(13-15-5-3-11-24-15)14-16-6-4-12-25-16/h1-8,11-12H,9-10,13-14H2. The number of nitrogens with zero attached hydrogens (tertiary/aromatic N) is 1. The fourth-order valence-electron chi connectivity index (χ4n) is 2.38. The van der Waals surface area contributed by atoms with Crippen LogP contribution in [0.2, 0.25) is 5.02 Å². The van der Waals surface area contributed by atoms with Crippen LogP contribution < -0.4 is 4.74 Å². The number of carbonyl (C=O) groups excluding carboxylic acids is 1. The Hall–Kier alpha value is -1.82. The third kappa shape index (κ3) is 5.33. The lowest BCUT2D eigenvalue weighted by molar-refractivity contribution is -0.132. The van der Waals surface area contributed by atoms with Crippen LogP contribution >= 0.6 is 34.3 Å². The van der Waals surface area contributed by atoms with Crippen LogP contribution in [0.5, 0.6) is 5.75 Å². The number of thiophene rings is 2. The molecule has 1 aromatic carbocycles. The summed E-state index contributed by atoms with van der Waals surface area (Å²) < 4.78 is 5.65. The highest BCUT2D eigenvalue weighted by Gasteiger charge is 2.16. The highest BCUT2D eigenvalue weighted by atomic mass is 35.5. The van der Waals surface area contributed by atoms with E-state index in [2.05, 4.69) is 12.1 Å². The second-order valence-corrected chi connectivity index (χ2v) is 7.91. The number of benzene rings is 1. The fraction of sp³-hybridized carbons (Fsp3) is 0.211. The van der Waals surface area contributed by atoms with Gasteiger partial charge in [-0.05, 0) is 35.0 Å². The topological polar surface area (TPSA) is 29.5 Å². The first kappa shape index (κ1) is 18.0. The Bertz CT molecular complexity index is 751. The first-order chi connectivity index (χ1) is 12.2. The molecular formula is C19H18ClNO2S2. The van der Waals surface area contributed by atoms with Gasteiger partial charge < -0.3 is 9.64 Å². The number of hydrogen-bond acceptors (Lipinski definition) is 4. The SMILES string of the molecule is O=C(CCOc1ccccc1Cl)N(Cc1cccs1)Cc1cccs1. The van der Waals surface area contributed by atoms with E-state index < -0.39 is 0 Å². The average Bonchev–Trinajstić information content (AvgIpc) is 3.30. The summed E-state index contributed by atoms with van der Waals surface area (Å²) >= 11 is 9.40. The van der Waals surface area contributed by atoms with E-state index in [0.29, 0.717) is 36.9 Å². The lowest BCUT2D eigenvalue weighted by Gasteiger charge is -2.22. The van der Waals surface area contributed by atoms with Crippen LogP contribution in [0, 0.1) is 0 Å². The van der Waals surface area contributed by atoms with Crippen molar-refractivity contribution in [1.29, 1.82) is 0 Å². The molecule has 0 N–H and O–H groups in total. The summed E-state index contributed by atoms with van der Waals surface area (Å²) in [6, 6.07) is 15.4. The smallest absolute Gasteiger partial charge is 0.226 e. The number of carbonyl (C=O) groups is 1. The molecule has 0 saturated heterocycles. The predicted octanol–water partition coefficient (Wildman–Crippen LogP) is 5.46. The zero-order valence-electron chi connectivity index (χ0n) is 13.6. The first-order valence-electron chi connectivity index (χ1n) is 7.92. The summed E-state index contributed by atoms with van der Waals surface area (Å²) in [7, 11) is 0. The Balaban J connectivity index is 1.59. The molecule has 0 fully saturated rings. The highest BCUT2D eigenvalue weighted by Crippen LogP contribution is 2.23. The van der Waals surface area contributed by atoms with Crippen molar-refractivity contribution in [3.05, 3.63) is 74.1 Å². The number of halogens is 1. The zero-order chi connectivity index (χ0) is 17.5. The number of amides is 1. The minimum absolute atomic E-state index is 0.0776. The Morgan fingerprint density at radius 3 is 2.16 bits per heavy atom. The third-order valence-corrected chi connectivity index (χ3v) is 5.65. The lowest BCUT2D eigenvalue weighted by Crippen LogP contribution is -2.30. The monoisotopic (exact) mass is 391 g/mol. The normalized spacial score (nSPS) is 10.6. The van der Waals surface area contributed by atoms with Crippen LogP contribution in [0.15, 0.2) is 59.3 Å². The van der Waals surface area contributed by atoms with E-state index in [9.17, 15) is 4.79 Å². The molecule has 6 heteroatoms. The minimum Gasteiger partial charge on any atom is -0.491 e. The van der Waals surface area contributed by atoms with Crippen LogP contribution in [-0.4, -0.2) is 17.4 Å². The second-order valence-electron chi connectivity index (χ2n) is 5.44. The Labute approximate surface area is 160 Å². The molecule has 2 aromatic heterocycles. The van der Waals surface area contributed by atoms with Gasteiger partial charge in [0.15, 0.2) is 0 Å². The molecule has 3 aromatic rings. The molecule has 25 heavy (non-hydrogen) atoms. The summed E-state index contributed by atoms with van der Waals surface area (Å²) in [5.41, 5.74) is 0. The molecule has 3 rings (SSSR count). The van der Waals surface area contributed by atoms with Crippen molar-refractivity contribution >= 4 is 40.2 Å². The van der Waals surface area contributed by atoms with Gasteiger partial charge in [-0.25, -0.2) is 0 Å². The van der Waals surface area contributed by atoms with Crippen molar-refractivity contribution in [3.63, 3.8) is 0 Å². The van der Waals surface area contributed by atoms with Crippen LogP contribution in [0.1, 0.15) is 16.2 Å². The van der Waals surface area contributed by atoms with E-state index in [0.717, 1.165) is 0 Å². The molecule has 0 aliphatic carbocycles. The largest absolute Gasteiger partial charge is 0.491 e. The summed E-state index contributed by atoms with van der Waals surface area (Å²) in [5, 5.41) is 4.62. The van der Waals surface area contributed by atoms with E-state index >= 15 is 0 Å². The summed E-state index contributed by atoms with van der Waals surface area (Å²) in [6.07, 6.45) is 0.321. The van der Waals surface area contributed by atoms with Gasteiger partial charge in [0, 0.05) is 9.75 Å². The lowest BCUT2D eigenvalue weighted by atomic mass is 10.3. The van der Waals surface area contributed by atoms with Crippen LogP contribution in [-0.2, 0) is 17.9 Å². The minimum atomic E-state index is 0.0776. The van der Waals surface area contributed by atoms with Crippen LogP contribution in [0.25, 0.3) is 0 Å². The van der Waals surface area contributed by atoms with Gasteiger partial charge in [0.2, 0.25) is 5.91 Å². The molecule has 0 saturated carbocycles. The van der Waals surface area contributed by atoms with Gasteiger partial charge in [0.05, 0.1) is 31.1 Å². The van der Waals surface area contributed by atoms with E-state index in [4.69, 9.17) is 16.3 Å². The van der Waals surface area contributed by atoms with Crippen LogP contribution in [0.3, 0.4) is 0 Å². The maximum absolute atomic E-state index is 12.7. The summed E-state index contributed by atoms with van der Waals surface area (Å²) in [5.74, 6) is 0.689. The maximum atomic E-state index is 12.7. The van der Waals surface area contributed by atoms with Crippen molar-refractivity contribution in [1.82, 2.24) is 4.90 Å². The molecule has 0 radical (unpaired) electrons. The van der Waals surface area contributed by atoms with Crippen molar-refractivity contribution < 1.29 is 9.53 Å². The molecule has 130 valence electrons. The quantitative estimate of drug-likeness (QED) is 0.510. The molecular weight excluding hydrogens is 374 g/mol. The first-order valence-corrected chi connectivity index (χ1v) is 10.1. The van der Waals surface area contributed by atoms with Gasteiger partial charge in [0.25, 0.3) is 0 Å². The van der Waals surface area contributed by atoms with Gasteiger partial charge >= 0.3 is 0 Å². The number of rotatable bonds is 8. The fourth-order valence-corrected chi connectivity index (χ4v) is 4.01. The highest BCUT2D eigenvalue weighted by molar-refractivity contribution is 7.10. The van der Waals surface area contributed by atoms with Crippen molar-refractivity contribution in [2.75, 3.05) is 6.61 Å². The van der Waals surface area contributed by atoms with Crippen molar-refractivity contribution in [2.45, 2.75) is 19.5 Å². The molecule has 2 heterocycles. The molecule has 0 atom stereocenters. The van der Waals surface area contributed by atoms with E-state index in [1.165, 1.54) is 9.75 Å². The van der Waals surface area contributed by atoms with E-state index in [1.54, 1.807) is 28.7 Å². The zero-order valence-corrected chi connectivity index (χ0v) is 15.9. The molecule has 3 nitrogen and oxygen atoms in total.